The van der Waals surface area contributed by atoms with Gasteiger partial charge in [0.1, 0.15) is 6.61 Å². The van der Waals surface area contributed by atoms with Gasteiger partial charge in [-0.15, -0.1) is 0 Å². The van der Waals surface area contributed by atoms with E-state index in [2.05, 4.69) is 26.6 Å². The molecule has 0 fully saturated rings. The molecule has 134 valence electrons. The molecule has 0 aliphatic carbocycles. The third-order valence-electron chi connectivity index (χ3n) is 3.21. The molecule has 3 N–H and O–H groups in total. The van der Waals surface area contributed by atoms with Gasteiger partial charge in [-0.2, -0.15) is 0 Å². The number of carbonyl (C=O) groups is 1. The largest absolute Gasteiger partial charge is 0.493 e. The molecule has 0 aromatic heterocycles. The molecule has 2 amide bonds. The van der Waals surface area contributed by atoms with Crippen LogP contribution < -0.4 is 20.1 Å². The van der Waals surface area contributed by atoms with E-state index in [0.29, 0.717) is 28.8 Å². The SMILES string of the molecule is COc1cc(CNC(=O)Nc2ccc(Br)cc2Cl)ccc1OCCO. The minimum Gasteiger partial charge on any atom is -0.493 e. The Kier molecular flexibility index (Phi) is 7.36. The van der Waals surface area contributed by atoms with Crippen LogP contribution in [-0.2, 0) is 6.54 Å². The summed E-state index contributed by atoms with van der Waals surface area (Å²) in [7, 11) is 1.53. The van der Waals surface area contributed by atoms with Crippen LogP contribution >= 0.6 is 27.5 Å². The van der Waals surface area contributed by atoms with Crippen LogP contribution in [-0.4, -0.2) is 31.5 Å². The highest BCUT2D eigenvalue weighted by molar-refractivity contribution is 9.10. The lowest BCUT2D eigenvalue weighted by atomic mass is 10.2. The number of urea groups is 1. The number of halogens is 2. The van der Waals surface area contributed by atoms with Crippen molar-refractivity contribution in [3.05, 3.63) is 51.5 Å². The van der Waals surface area contributed by atoms with Gasteiger partial charge in [-0.05, 0) is 35.9 Å². The molecule has 0 aliphatic heterocycles. The van der Waals surface area contributed by atoms with Crippen molar-refractivity contribution in [3.8, 4) is 11.5 Å². The maximum absolute atomic E-state index is 12.0. The van der Waals surface area contributed by atoms with Crippen LogP contribution in [0.15, 0.2) is 40.9 Å². The van der Waals surface area contributed by atoms with Gasteiger partial charge < -0.3 is 25.2 Å². The molecule has 2 aromatic carbocycles. The minimum absolute atomic E-state index is 0.0781. The third kappa shape index (κ3) is 5.81. The van der Waals surface area contributed by atoms with Crippen molar-refractivity contribution in [2.45, 2.75) is 6.54 Å². The molecule has 6 nitrogen and oxygen atoms in total. The summed E-state index contributed by atoms with van der Waals surface area (Å²) < 4.78 is 11.5. The Morgan fingerprint density at radius 3 is 2.72 bits per heavy atom. The normalized spacial score (nSPS) is 10.2. The average molecular weight is 430 g/mol. The summed E-state index contributed by atoms with van der Waals surface area (Å²) in [5, 5.41) is 14.7. The van der Waals surface area contributed by atoms with Crippen LogP contribution in [0.2, 0.25) is 5.02 Å². The van der Waals surface area contributed by atoms with Crippen LogP contribution in [0, 0.1) is 0 Å². The predicted molar refractivity (Wildman–Crippen MR) is 101 cm³/mol. The molecular formula is C17H18BrClN2O4. The number of benzene rings is 2. The molecule has 8 heteroatoms. The summed E-state index contributed by atoms with van der Waals surface area (Å²) in [6, 6.07) is 10.1. The third-order valence-corrected chi connectivity index (χ3v) is 4.02. The van der Waals surface area contributed by atoms with Crippen molar-refractivity contribution in [1.82, 2.24) is 5.32 Å². The van der Waals surface area contributed by atoms with E-state index >= 15 is 0 Å². The molecule has 0 spiro atoms. The zero-order chi connectivity index (χ0) is 18.2. The van der Waals surface area contributed by atoms with Gasteiger partial charge >= 0.3 is 6.03 Å². The summed E-state index contributed by atoms with van der Waals surface area (Å²) in [5.41, 5.74) is 1.36. The number of carbonyl (C=O) groups excluding carboxylic acids is 1. The monoisotopic (exact) mass is 428 g/mol. The van der Waals surface area contributed by atoms with Crippen molar-refractivity contribution >= 4 is 39.2 Å². The van der Waals surface area contributed by atoms with Crippen LogP contribution in [0.5, 0.6) is 11.5 Å². The van der Waals surface area contributed by atoms with E-state index in [0.717, 1.165) is 10.0 Å². The lowest BCUT2D eigenvalue weighted by Gasteiger charge is -2.12. The molecule has 0 bridgehead atoms. The second-order valence-corrected chi connectivity index (χ2v) is 6.31. The molecule has 0 atom stereocenters. The number of hydrogen-bond donors (Lipinski definition) is 3. The first kappa shape index (κ1) is 19.4. The van der Waals surface area contributed by atoms with E-state index in [4.69, 9.17) is 26.2 Å². The lowest BCUT2D eigenvalue weighted by molar-refractivity contribution is 0.196. The van der Waals surface area contributed by atoms with Gasteiger partial charge in [0.05, 0.1) is 24.4 Å². The Morgan fingerprint density at radius 2 is 2.04 bits per heavy atom. The first-order valence-corrected chi connectivity index (χ1v) is 8.61. The molecule has 2 rings (SSSR count). The Labute approximate surface area is 159 Å². The maximum atomic E-state index is 12.0. The average Bonchev–Trinajstić information content (AvgIpc) is 2.60. The molecule has 0 unspecified atom stereocenters. The van der Waals surface area contributed by atoms with Gasteiger partial charge in [-0.1, -0.05) is 33.6 Å². The summed E-state index contributed by atoms with van der Waals surface area (Å²) in [4.78, 5) is 12.0. The van der Waals surface area contributed by atoms with Crippen LogP contribution in [0.25, 0.3) is 0 Å². The first-order chi connectivity index (χ1) is 12.0. The standard InChI is InChI=1S/C17H18BrClN2O4/c1-24-16-8-11(2-5-15(16)25-7-6-22)10-20-17(23)21-14-4-3-12(18)9-13(14)19/h2-5,8-9,22H,6-7,10H2,1H3,(H2,20,21,23). The highest BCUT2D eigenvalue weighted by Crippen LogP contribution is 2.28. The van der Waals surface area contributed by atoms with Crippen molar-refractivity contribution < 1.29 is 19.4 Å². The van der Waals surface area contributed by atoms with Crippen molar-refractivity contribution in [2.75, 3.05) is 25.6 Å². The summed E-state index contributed by atoms with van der Waals surface area (Å²) in [5.74, 6) is 1.07. The Balaban J connectivity index is 1.94. The highest BCUT2D eigenvalue weighted by atomic mass is 79.9. The zero-order valence-corrected chi connectivity index (χ0v) is 15.9. The van der Waals surface area contributed by atoms with Crippen molar-refractivity contribution in [1.29, 1.82) is 0 Å². The van der Waals surface area contributed by atoms with E-state index in [1.807, 2.05) is 6.07 Å². The molecule has 25 heavy (non-hydrogen) atoms. The fraction of sp³-hybridized carbons (Fsp3) is 0.235. The molecule has 0 saturated carbocycles. The summed E-state index contributed by atoms with van der Waals surface area (Å²) >= 11 is 9.38. The molecule has 0 radical (unpaired) electrons. The van der Waals surface area contributed by atoms with Gasteiger partial charge in [-0.3, -0.25) is 0 Å². The van der Waals surface area contributed by atoms with Crippen molar-refractivity contribution in [3.63, 3.8) is 0 Å². The fourth-order valence-electron chi connectivity index (χ4n) is 2.04. The molecule has 0 heterocycles. The number of aliphatic hydroxyl groups is 1. The maximum Gasteiger partial charge on any atom is 0.319 e. The van der Waals surface area contributed by atoms with Gasteiger partial charge in [0.15, 0.2) is 11.5 Å². The number of nitrogens with one attached hydrogen (secondary N) is 2. The molecular weight excluding hydrogens is 412 g/mol. The zero-order valence-electron chi connectivity index (χ0n) is 13.5. The fourth-order valence-corrected chi connectivity index (χ4v) is 2.76. The Morgan fingerprint density at radius 1 is 1.24 bits per heavy atom. The van der Waals surface area contributed by atoms with E-state index in [-0.39, 0.29) is 19.2 Å². The van der Waals surface area contributed by atoms with E-state index in [1.54, 1.807) is 30.3 Å². The van der Waals surface area contributed by atoms with Gasteiger partial charge in [-0.25, -0.2) is 4.79 Å². The van der Waals surface area contributed by atoms with E-state index in [1.165, 1.54) is 7.11 Å². The van der Waals surface area contributed by atoms with Crippen molar-refractivity contribution in [2.24, 2.45) is 0 Å². The smallest absolute Gasteiger partial charge is 0.319 e. The number of hydrogen-bond acceptors (Lipinski definition) is 4. The second kappa shape index (κ2) is 9.50. The summed E-state index contributed by atoms with van der Waals surface area (Å²) in [6.45, 7) is 0.409. The Bertz CT molecular complexity index is 743. The number of ether oxygens (including phenoxy) is 2. The molecule has 0 aliphatic rings. The number of aliphatic hydroxyl groups excluding tert-OH is 1. The number of anilines is 1. The lowest BCUT2D eigenvalue weighted by Crippen LogP contribution is -2.28. The topological polar surface area (TPSA) is 79.8 Å². The van der Waals surface area contributed by atoms with E-state index in [9.17, 15) is 4.79 Å². The molecule has 0 saturated heterocycles. The summed E-state index contributed by atoms with van der Waals surface area (Å²) in [6.07, 6.45) is 0. The minimum atomic E-state index is -0.371. The first-order valence-electron chi connectivity index (χ1n) is 7.44. The number of rotatable bonds is 7. The Hall–Kier alpha value is -1.96. The van der Waals surface area contributed by atoms with Gasteiger partial charge in [0.25, 0.3) is 0 Å². The highest BCUT2D eigenvalue weighted by Gasteiger charge is 2.08. The van der Waals surface area contributed by atoms with Gasteiger partial charge in [0, 0.05) is 11.0 Å². The van der Waals surface area contributed by atoms with Crippen LogP contribution in [0.3, 0.4) is 0 Å². The van der Waals surface area contributed by atoms with Gasteiger partial charge in [0.2, 0.25) is 0 Å². The van der Waals surface area contributed by atoms with Crippen LogP contribution in [0.4, 0.5) is 10.5 Å². The molecule has 2 aromatic rings. The second-order valence-electron chi connectivity index (χ2n) is 4.99. The predicted octanol–water partition coefficient (Wildman–Crippen LogP) is 3.80. The number of amides is 2. The number of methoxy groups -OCH3 is 1. The quantitative estimate of drug-likeness (QED) is 0.625. The van der Waals surface area contributed by atoms with Crippen LogP contribution in [0.1, 0.15) is 5.56 Å². The van der Waals surface area contributed by atoms with E-state index < -0.39 is 0 Å².